The molecule has 0 aliphatic heterocycles. The fourth-order valence-corrected chi connectivity index (χ4v) is 1.90. The fourth-order valence-electron chi connectivity index (χ4n) is 1.10. The number of hydrogen-bond acceptors (Lipinski definition) is 3. The molecule has 0 amide bonds. The minimum atomic E-state index is -0.147. The van der Waals surface area contributed by atoms with Crippen molar-refractivity contribution in [2.24, 2.45) is 0 Å². The van der Waals surface area contributed by atoms with Crippen LogP contribution in [0.2, 0.25) is 0 Å². The third-order valence-corrected chi connectivity index (χ3v) is 3.13. The molecule has 0 aliphatic carbocycles. The largest absolute Gasteiger partial charge is 0.469 e. The van der Waals surface area contributed by atoms with Crippen LogP contribution < -0.4 is 0 Å². The second-order valence-corrected chi connectivity index (χ2v) is 4.33. The van der Waals surface area contributed by atoms with Crippen LogP contribution in [0.25, 0.3) is 0 Å². The number of rotatable bonds is 9. The van der Waals surface area contributed by atoms with E-state index in [0.29, 0.717) is 6.42 Å². The highest BCUT2D eigenvalue weighted by atomic mass is 32.2. The van der Waals surface area contributed by atoms with E-state index in [-0.39, 0.29) is 11.2 Å². The number of hydrogen-bond donors (Lipinski definition) is 0. The Bertz CT molecular complexity index is 202. The molecule has 0 heterocycles. The van der Waals surface area contributed by atoms with Crippen molar-refractivity contribution >= 4 is 17.7 Å². The summed E-state index contributed by atoms with van der Waals surface area (Å²) in [6.07, 6.45) is 7.84. The third kappa shape index (κ3) is 8.30. The summed E-state index contributed by atoms with van der Waals surface area (Å²) < 4.78 is 4.55. The zero-order valence-electron chi connectivity index (χ0n) is 9.20. The molecule has 0 aromatic heterocycles. The normalized spacial score (nSPS) is 11.8. The van der Waals surface area contributed by atoms with Crippen molar-refractivity contribution in [2.75, 3.05) is 12.9 Å². The van der Waals surface area contributed by atoms with E-state index >= 15 is 0 Å². The van der Waals surface area contributed by atoms with Crippen LogP contribution >= 0.6 is 11.8 Å². The molecular weight excluding hydrogens is 208 g/mol. The first-order chi connectivity index (χ1) is 7.24. The molecule has 2 nitrogen and oxygen atoms in total. The average molecular weight is 226 g/mol. The van der Waals surface area contributed by atoms with Gasteiger partial charge in [-0.15, -0.1) is 18.3 Å². The van der Waals surface area contributed by atoms with Crippen LogP contribution in [0.3, 0.4) is 0 Å². The van der Waals surface area contributed by atoms with Crippen LogP contribution in [0.5, 0.6) is 0 Å². The molecule has 0 fully saturated rings. The first kappa shape index (κ1) is 14.3. The van der Waals surface area contributed by atoms with Gasteiger partial charge in [0.05, 0.1) is 7.11 Å². The molecule has 0 saturated heterocycles. The average Bonchev–Trinajstić information content (AvgIpc) is 2.27. The van der Waals surface area contributed by atoms with Crippen LogP contribution in [-0.4, -0.2) is 24.1 Å². The van der Waals surface area contributed by atoms with Crippen molar-refractivity contribution < 1.29 is 9.53 Å². The maximum absolute atomic E-state index is 10.8. The Balaban J connectivity index is 3.49. The van der Waals surface area contributed by atoms with Crippen molar-refractivity contribution in [1.82, 2.24) is 0 Å². The Hall–Kier alpha value is -0.700. The molecule has 3 heteroatoms. The van der Waals surface area contributed by atoms with E-state index in [1.807, 2.05) is 6.08 Å². The number of unbranched alkanes of at least 4 members (excludes halogenated alkanes) is 1. The van der Waals surface area contributed by atoms with Gasteiger partial charge in [-0.2, -0.15) is 0 Å². The molecule has 0 aromatic rings. The molecule has 15 heavy (non-hydrogen) atoms. The summed E-state index contributed by atoms with van der Waals surface area (Å²) in [5.41, 5.74) is 0. The molecule has 0 rings (SSSR count). The van der Waals surface area contributed by atoms with Crippen molar-refractivity contribution in [1.29, 1.82) is 0 Å². The molecule has 2 radical (unpaired) electrons. The van der Waals surface area contributed by atoms with Gasteiger partial charge < -0.3 is 4.74 Å². The number of ether oxygens (including phenoxy) is 1. The highest BCUT2D eigenvalue weighted by Gasteiger charge is 2.05. The third-order valence-electron chi connectivity index (χ3n) is 1.93. The van der Waals surface area contributed by atoms with Crippen LogP contribution in [0.4, 0.5) is 0 Å². The van der Waals surface area contributed by atoms with Crippen LogP contribution in [0.15, 0.2) is 12.7 Å². The van der Waals surface area contributed by atoms with E-state index in [1.54, 1.807) is 11.8 Å². The Labute approximate surface area is 96.8 Å². The first-order valence-electron chi connectivity index (χ1n) is 5.00. The summed E-state index contributed by atoms with van der Waals surface area (Å²) in [5, 5.41) is 0.237. The summed E-state index contributed by atoms with van der Waals surface area (Å²) in [5.74, 6) is 0.734. The first-order valence-corrected chi connectivity index (χ1v) is 6.05. The Morgan fingerprint density at radius 2 is 2.40 bits per heavy atom. The summed E-state index contributed by atoms with van der Waals surface area (Å²) in [7, 11) is 1.41. The maximum atomic E-state index is 10.8. The standard InChI is InChI=1S/C12H18O2S/c1-4-10-15-11(5-2)8-6-7-9-12(13)14-3/h2,4,11H,1,6-10H2,3H3. The molecule has 0 aromatic carbocycles. The minimum absolute atomic E-state index is 0.147. The van der Waals surface area contributed by atoms with Crippen molar-refractivity contribution in [3.63, 3.8) is 0 Å². The summed E-state index contributed by atoms with van der Waals surface area (Å²) >= 11 is 1.72. The van der Waals surface area contributed by atoms with Gasteiger partial charge in [0.25, 0.3) is 0 Å². The lowest BCUT2D eigenvalue weighted by molar-refractivity contribution is -0.140. The molecule has 0 bridgehead atoms. The molecule has 0 aliphatic rings. The minimum Gasteiger partial charge on any atom is -0.469 e. The van der Waals surface area contributed by atoms with Gasteiger partial charge in [0.2, 0.25) is 0 Å². The quantitative estimate of drug-likeness (QED) is 0.343. The number of thioether (sulfide) groups is 1. The van der Waals surface area contributed by atoms with Gasteiger partial charge in [-0.05, 0) is 18.9 Å². The van der Waals surface area contributed by atoms with Crippen LogP contribution in [0, 0.1) is 12.7 Å². The lowest BCUT2D eigenvalue weighted by atomic mass is 10.1. The highest BCUT2D eigenvalue weighted by molar-refractivity contribution is 8.00. The molecular formula is C12H18O2S. The van der Waals surface area contributed by atoms with Gasteiger partial charge in [0, 0.05) is 17.4 Å². The SMILES string of the molecule is [CH]=[C]C(CCCCC(=O)OC)SCC=C. The number of carbonyl (C=O) groups excluding carboxylic acids is 1. The highest BCUT2D eigenvalue weighted by Crippen LogP contribution is 2.18. The summed E-state index contributed by atoms with van der Waals surface area (Å²) in [6.45, 7) is 9.03. The Morgan fingerprint density at radius 3 is 2.93 bits per heavy atom. The van der Waals surface area contributed by atoms with E-state index in [2.05, 4.69) is 17.4 Å². The molecule has 1 atom stereocenters. The monoisotopic (exact) mass is 226 g/mol. The zero-order chi connectivity index (χ0) is 11.5. The number of carbonyl (C=O) groups is 1. The van der Waals surface area contributed by atoms with Gasteiger partial charge in [0.1, 0.15) is 0 Å². The van der Waals surface area contributed by atoms with Crippen molar-refractivity contribution in [3.05, 3.63) is 25.3 Å². The van der Waals surface area contributed by atoms with Gasteiger partial charge in [0.15, 0.2) is 0 Å². The molecule has 0 saturated carbocycles. The lowest BCUT2D eigenvalue weighted by Gasteiger charge is -2.09. The molecule has 84 valence electrons. The zero-order valence-corrected chi connectivity index (χ0v) is 10.0. The number of methoxy groups -OCH3 is 1. The molecule has 0 N–H and O–H groups in total. The Morgan fingerprint density at radius 1 is 1.67 bits per heavy atom. The van der Waals surface area contributed by atoms with Gasteiger partial charge >= 0.3 is 5.97 Å². The van der Waals surface area contributed by atoms with Gasteiger partial charge in [-0.25, -0.2) is 0 Å². The van der Waals surface area contributed by atoms with E-state index in [1.165, 1.54) is 7.11 Å². The van der Waals surface area contributed by atoms with Crippen molar-refractivity contribution in [3.8, 4) is 0 Å². The Kier molecular flexibility index (Phi) is 9.38. The predicted octanol–water partition coefficient (Wildman–Crippen LogP) is 2.80. The second-order valence-electron chi connectivity index (χ2n) is 3.10. The van der Waals surface area contributed by atoms with Gasteiger partial charge in [-0.3, -0.25) is 4.79 Å². The van der Waals surface area contributed by atoms with Crippen LogP contribution in [-0.2, 0) is 9.53 Å². The van der Waals surface area contributed by atoms with E-state index in [4.69, 9.17) is 6.58 Å². The second kappa shape index (κ2) is 9.84. The number of esters is 1. The fraction of sp³-hybridized carbons (Fsp3) is 0.583. The molecule has 1 unspecified atom stereocenters. The van der Waals surface area contributed by atoms with E-state index < -0.39 is 0 Å². The predicted molar refractivity (Wildman–Crippen MR) is 64.5 cm³/mol. The lowest BCUT2D eigenvalue weighted by Crippen LogP contribution is -2.02. The summed E-state index contributed by atoms with van der Waals surface area (Å²) in [6, 6.07) is 0. The topological polar surface area (TPSA) is 26.3 Å². The van der Waals surface area contributed by atoms with Crippen molar-refractivity contribution in [2.45, 2.75) is 30.9 Å². The molecule has 0 spiro atoms. The smallest absolute Gasteiger partial charge is 0.305 e. The van der Waals surface area contributed by atoms with Crippen LogP contribution in [0.1, 0.15) is 25.7 Å². The van der Waals surface area contributed by atoms with Gasteiger partial charge in [-0.1, -0.05) is 19.1 Å². The maximum Gasteiger partial charge on any atom is 0.305 e. The summed E-state index contributed by atoms with van der Waals surface area (Å²) in [4.78, 5) is 10.8. The van der Waals surface area contributed by atoms with E-state index in [9.17, 15) is 4.79 Å². The van der Waals surface area contributed by atoms with E-state index in [0.717, 1.165) is 25.0 Å².